The van der Waals surface area contributed by atoms with Crippen LogP contribution in [0.15, 0.2) is 35.2 Å². The summed E-state index contributed by atoms with van der Waals surface area (Å²) in [7, 11) is 1.61. The van der Waals surface area contributed by atoms with E-state index in [1.165, 1.54) is 23.2 Å². The normalized spacial score (nSPS) is 11.4. The van der Waals surface area contributed by atoms with Crippen LogP contribution in [0.5, 0.6) is 0 Å². The number of nitrogens with one attached hydrogen (secondary N) is 1. The van der Waals surface area contributed by atoms with Crippen molar-refractivity contribution in [2.75, 3.05) is 5.32 Å². The van der Waals surface area contributed by atoms with E-state index in [1.807, 2.05) is 0 Å². The largest absolute Gasteiger partial charge is 0.416 e. The Morgan fingerprint density at radius 2 is 2.10 bits per heavy atom. The molecule has 2 rings (SSSR count). The van der Waals surface area contributed by atoms with Gasteiger partial charge in [0.15, 0.2) is 0 Å². The van der Waals surface area contributed by atoms with Gasteiger partial charge in [-0.25, -0.2) is 4.98 Å². The second-order valence-corrected chi connectivity index (χ2v) is 4.89. The molecule has 0 radical (unpaired) electrons. The predicted molar refractivity (Wildman–Crippen MR) is 70.3 cm³/mol. The SMILES string of the molecule is Cn1cncc1C(=O)Nc1cc(C(F)(F)F)ccc1Br. The summed E-state index contributed by atoms with van der Waals surface area (Å²) in [5, 5.41) is 2.42. The van der Waals surface area contributed by atoms with Crippen LogP contribution in [0.1, 0.15) is 16.1 Å². The Hall–Kier alpha value is -1.83. The summed E-state index contributed by atoms with van der Waals surface area (Å²) in [5.41, 5.74) is -0.540. The molecule has 106 valence electrons. The number of amides is 1. The van der Waals surface area contributed by atoms with Crippen LogP contribution in [0.25, 0.3) is 0 Å². The smallest absolute Gasteiger partial charge is 0.330 e. The van der Waals surface area contributed by atoms with Crippen LogP contribution in [-0.2, 0) is 13.2 Å². The van der Waals surface area contributed by atoms with Gasteiger partial charge in [0.25, 0.3) is 5.91 Å². The highest BCUT2D eigenvalue weighted by atomic mass is 79.9. The van der Waals surface area contributed by atoms with E-state index in [9.17, 15) is 18.0 Å². The molecule has 0 spiro atoms. The van der Waals surface area contributed by atoms with E-state index in [2.05, 4.69) is 26.2 Å². The minimum absolute atomic E-state index is 0.0472. The molecule has 0 atom stereocenters. The lowest BCUT2D eigenvalue weighted by molar-refractivity contribution is -0.137. The van der Waals surface area contributed by atoms with Crippen molar-refractivity contribution in [1.29, 1.82) is 0 Å². The number of hydrogen-bond acceptors (Lipinski definition) is 2. The van der Waals surface area contributed by atoms with Gasteiger partial charge < -0.3 is 9.88 Å². The molecular weight excluding hydrogens is 339 g/mol. The van der Waals surface area contributed by atoms with Crippen LogP contribution in [0, 0.1) is 0 Å². The number of rotatable bonds is 2. The minimum atomic E-state index is -4.47. The molecule has 1 amide bonds. The Morgan fingerprint density at radius 1 is 1.40 bits per heavy atom. The Kier molecular flexibility index (Phi) is 3.85. The van der Waals surface area contributed by atoms with E-state index < -0.39 is 17.6 Å². The number of hydrogen-bond donors (Lipinski definition) is 1. The summed E-state index contributed by atoms with van der Waals surface area (Å²) in [6, 6.07) is 3.05. The van der Waals surface area contributed by atoms with Crippen LogP contribution in [0.4, 0.5) is 18.9 Å². The number of benzene rings is 1. The Bertz CT molecular complexity index is 652. The van der Waals surface area contributed by atoms with Crippen LogP contribution < -0.4 is 5.32 Å². The molecule has 0 aliphatic rings. The molecule has 0 bridgehead atoms. The van der Waals surface area contributed by atoms with E-state index in [1.54, 1.807) is 7.05 Å². The average molecular weight is 348 g/mol. The van der Waals surface area contributed by atoms with E-state index in [0.29, 0.717) is 4.47 Å². The van der Waals surface area contributed by atoms with Gasteiger partial charge in [0.1, 0.15) is 5.69 Å². The summed E-state index contributed by atoms with van der Waals surface area (Å²) < 4.78 is 39.7. The van der Waals surface area contributed by atoms with E-state index in [-0.39, 0.29) is 11.4 Å². The molecule has 0 unspecified atom stereocenters. The van der Waals surface area contributed by atoms with Gasteiger partial charge in [-0.1, -0.05) is 0 Å². The second kappa shape index (κ2) is 5.28. The van der Waals surface area contributed by atoms with Crippen molar-refractivity contribution in [3.63, 3.8) is 0 Å². The molecule has 2 aromatic rings. The summed E-state index contributed by atoms with van der Waals surface area (Å²) >= 11 is 3.10. The highest BCUT2D eigenvalue weighted by molar-refractivity contribution is 9.10. The lowest BCUT2D eigenvalue weighted by Gasteiger charge is -2.11. The van der Waals surface area contributed by atoms with Crippen molar-refractivity contribution in [2.45, 2.75) is 6.18 Å². The number of aromatic nitrogens is 2. The molecule has 0 aliphatic heterocycles. The third-order valence-electron chi connectivity index (χ3n) is 2.59. The standard InChI is InChI=1S/C12H9BrF3N3O/c1-19-6-17-5-10(19)11(20)18-9-4-7(12(14,15)16)2-3-8(9)13/h2-6H,1H3,(H,18,20). The number of imidazole rings is 1. The summed E-state index contributed by atoms with van der Waals surface area (Å²) in [6.45, 7) is 0. The first-order valence-corrected chi connectivity index (χ1v) is 6.23. The Balaban J connectivity index is 2.30. The van der Waals surface area contributed by atoms with Crippen LogP contribution in [0.3, 0.4) is 0 Å². The molecule has 0 aliphatic carbocycles. The molecule has 0 saturated carbocycles. The first-order chi connectivity index (χ1) is 9.29. The molecule has 0 saturated heterocycles. The van der Waals surface area contributed by atoms with E-state index in [4.69, 9.17) is 0 Å². The van der Waals surface area contributed by atoms with Gasteiger partial charge in [-0.15, -0.1) is 0 Å². The number of alkyl halides is 3. The highest BCUT2D eigenvalue weighted by Crippen LogP contribution is 2.34. The van der Waals surface area contributed by atoms with Crippen molar-refractivity contribution in [1.82, 2.24) is 9.55 Å². The zero-order valence-electron chi connectivity index (χ0n) is 10.2. The molecular formula is C12H9BrF3N3O. The second-order valence-electron chi connectivity index (χ2n) is 4.04. The monoisotopic (exact) mass is 347 g/mol. The maximum Gasteiger partial charge on any atom is 0.416 e. The van der Waals surface area contributed by atoms with Crippen molar-refractivity contribution in [2.24, 2.45) is 7.05 Å². The average Bonchev–Trinajstić information content (AvgIpc) is 2.77. The zero-order valence-corrected chi connectivity index (χ0v) is 11.8. The van der Waals surface area contributed by atoms with Gasteiger partial charge in [-0.05, 0) is 34.1 Å². The number of halogens is 4. The summed E-state index contributed by atoms with van der Waals surface area (Å²) in [5.74, 6) is -0.537. The van der Waals surface area contributed by atoms with Crippen LogP contribution in [0.2, 0.25) is 0 Å². The fraction of sp³-hybridized carbons (Fsp3) is 0.167. The molecule has 1 aromatic carbocycles. The predicted octanol–water partition coefficient (Wildman–Crippen LogP) is 3.45. The number of anilines is 1. The Morgan fingerprint density at radius 3 is 2.65 bits per heavy atom. The molecule has 1 N–H and O–H groups in total. The Labute approximate surface area is 120 Å². The molecule has 0 fully saturated rings. The molecule has 4 nitrogen and oxygen atoms in total. The van der Waals surface area contributed by atoms with Gasteiger partial charge in [0.2, 0.25) is 0 Å². The summed E-state index contributed by atoms with van der Waals surface area (Å²) in [6.07, 6.45) is -1.71. The fourth-order valence-corrected chi connectivity index (χ4v) is 1.91. The first kappa shape index (κ1) is 14.6. The van der Waals surface area contributed by atoms with Gasteiger partial charge in [-0.3, -0.25) is 4.79 Å². The lowest BCUT2D eigenvalue weighted by Crippen LogP contribution is -2.16. The molecule has 1 aromatic heterocycles. The lowest BCUT2D eigenvalue weighted by atomic mass is 10.2. The quantitative estimate of drug-likeness (QED) is 0.904. The third kappa shape index (κ3) is 3.01. The van der Waals surface area contributed by atoms with Crippen LogP contribution in [-0.4, -0.2) is 15.5 Å². The van der Waals surface area contributed by atoms with Gasteiger partial charge in [0.05, 0.1) is 23.8 Å². The maximum atomic E-state index is 12.6. The fourth-order valence-electron chi connectivity index (χ4n) is 1.56. The zero-order chi connectivity index (χ0) is 14.9. The number of carbonyl (C=O) groups is 1. The third-order valence-corrected chi connectivity index (χ3v) is 3.28. The highest BCUT2D eigenvalue weighted by Gasteiger charge is 2.31. The van der Waals surface area contributed by atoms with Crippen LogP contribution >= 0.6 is 15.9 Å². The van der Waals surface area contributed by atoms with Gasteiger partial charge in [-0.2, -0.15) is 13.2 Å². The van der Waals surface area contributed by atoms with Gasteiger partial charge >= 0.3 is 6.18 Å². The van der Waals surface area contributed by atoms with E-state index in [0.717, 1.165) is 12.1 Å². The molecule has 20 heavy (non-hydrogen) atoms. The first-order valence-electron chi connectivity index (χ1n) is 5.43. The minimum Gasteiger partial charge on any atom is -0.330 e. The summed E-state index contributed by atoms with van der Waals surface area (Å²) in [4.78, 5) is 15.7. The van der Waals surface area contributed by atoms with Crippen molar-refractivity contribution >= 4 is 27.5 Å². The van der Waals surface area contributed by atoms with Gasteiger partial charge in [0, 0.05) is 11.5 Å². The van der Waals surface area contributed by atoms with Crippen molar-refractivity contribution in [3.8, 4) is 0 Å². The number of nitrogens with zero attached hydrogens (tertiary/aromatic N) is 2. The molecule has 1 heterocycles. The van der Waals surface area contributed by atoms with E-state index >= 15 is 0 Å². The maximum absolute atomic E-state index is 12.6. The van der Waals surface area contributed by atoms with Crippen molar-refractivity contribution in [3.05, 3.63) is 46.5 Å². The topological polar surface area (TPSA) is 46.9 Å². The number of carbonyl (C=O) groups excluding carboxylic acids is 1. The number of aryl methyl sites for hydroxylation is 1. The molecule has 8 heteroatoms. The van der Waals surface area contributed by atoms with Crippen molar-refractivity contribution < 1.29 is 18.0 Å².